The van der Waals surface area contributed by atoms with Crippen molar-refractivity contribution in [1.29, 1.82) is 0 Å². The van der Waals surface area contributed by atoms with Gasteiger partial charge < -0.3 is 10.8 Å². The van der Waals surface area contributed by atoms with Crippen molar-refractivity contribution in [2.75, 3.05) is 6.61 Å². The third-order valence-electron chi connectivity index (χ3n) is 3.33. The van der Waals surface area contributed by atoms with Crippen LogP contribution in [0.1, 0.15) is 23.6 Å². The second kappa shape index (κ2) is 9.17. The molecule has 3 N–H and O–H groups in total. The molecule has 0 saturated heterocycles. The Balaban J connectivity index is 0.00000338. The number of rotatable bonds is 6. The van der Waals surface area contributed by atoms with E-state index in [1.54, 1.807) is 6.07 Å². The first-order valence-electron chi connectivity index (χ1n) is 7.08. The monoisotopic (exact) mass is 409 g/mol. The van der Waals surface area contributed by atoms with Gasteiger partial charge >= 0.3 is 6.18 Å². The molecule has 1 aromatic carbocycles. The standard InChI is InChI=1S/C15H14F3N3O3S.ClH/c16-15(17,18)10-2-4-14(20-8-10)25-13-3-1-9(11(19)5-6-22)7-12(13)21(23)24;/h1-4,7-8,11,22H,5-6,19H2;1H. The van der Waals surface area contributed by atoms with Crippen molar-refractivity contribution in [3.8, 4) is 0 Å². The third kappa shape index (κ3) is 5.56. The minimum absolute atomic E-state index is 0. The van der Waals surface area contributed by atoms with Gasteiger partial charge in [0.1, 0.15) is 5.03 Å². The zero-order valence-corrected chi connectivity index (χ0v) is 14.8. The van der Waals surface area contributed by atoms with E-state index in [1.807, 2.05) is 0 Å². The van der Waals surface area contributed by atoms with Gasteiger partial charge in [0.25, 0.3) is 5.69 Å². The molecule has 2 aromatic rings. The largest absolute Gasteiger partial charge is 0.417 e. The fourth-order valence-corrected chi connectivity index (χ4v) is 2.86. The number of benzene rings is 1. The van der Waals surface area contributed by atoms with Crippen LogP contribution in [0.15, 0.2) is 46.5 Å². The summed E-state index contributed by atoms with van der Waals surface area (Å²) in [6.45, 7) is -0.152. The van der Waals surface area contributed by atoms with E-state index in [4.69, 9.17) is 10.8 Å². The van der Waals surface area contributed by atoms with E-state index >= 15 is 0 Å². The summed E-state index contributed by atoms with van der Waals surface area (Å²) in [5.74, 6) is 0. The van der Waals surface area contributed by atoms with Crippen LogP contribution in [-0.2, 0) is 6.18 Å². The lowest BCUT2D eigenvalue weighted by Crippen LogP contribution is -2.12. The van der Waals surface area contributed by atoms with Gasteiger partial charge in [-0.1, -0.05) is 17.8 Å². The summed E-state index contributed by atoms with van der Waals surface area (Å²) < 4.78 is 37.6. The summed E-state index contributed by atoms with van der Waals surface area (Å²) >= 11 is 0.885. The van der Waals surface area contributed by atoms with Crippen molar-refractivity contribution in [2.45, 2.75) is 28.6 Å². The molecule has 1 aromatic heterocycles. The number of nitro benzene ring substituents is 1. The fourth-order valence-electron chi connectivity index (χ4n) is 2.02. The lowest BCUT2D eigenvalue weighted by molar-refractivity contribution is -0.387. The van der Waals surface area contributed by atoms with Gasteiger partial charge in [0, 0.05) is 24.9 Å². The number of aliphatic hydroxyl groups excluding tert-OH is 1. The Labute approximate surface area is 157 Å². The van der Waals surface area contributed by atoms with E-state index in [1.165, 1.54) is 12.1 Å². The van der Waals surface area contributed by atoms with Crippen molar-refractivity contribution >= 4 is 29.9 Å². The molecule has 6 nitrogen and oxygen atoms in total. The fraction of sp³-hybridized carbons (Fsp3) is 0.267. The predicted octanol–water partition coefficient (Wildman–Crippen LogP) is 3.96. The van der Waals surface area contributed by atoms with Gasteiger partial charge in [0.05, 0.1) is 15.4 Å². The molecular weight excluding hydrogens is 395 g/mol. The van der Waals surface area contributed by atoms with Gasteiger partial charge in [-0.05, 0) is 30.2 Å². The van der Waals surface area contributed by atoms with Gasteiger partial charge in [0.15, 0.2) is 0 Å². The van der Waals surface area contributed by atoms with Crippen LogP contribution < -0.4 is 5.73 Å². The molecule has 142 valence electrons. The summed E-state index contributed by atoms with van der Waals surface area (Å²) in [5.41, 5.74) is 5.20. The van der Waals surface area contributed by atoms with Crippen LogP contribution in [0, 0.1) is 10.1 Å². The highest BCUT2D eigenvalue weighted by Crippen LogP contribution is 2.36. The Kier molecular flexibility index (Phi) is 7.82. The van der Waals surface area contributed by atoms with E-state index in [0.29, 0.717) is 11.8 Å². The number of nitrogens with zero attached hydrogens (tertiary/aromatic N) is 2. The first kappa shape index (κ1) is 22.2. The van der Waals surface area contributed by atoms with Crippen LogP contribution in [0.25, 0.3) is 0 Å². The number of alkyl halides is 3. The van der Waals surface area contributed by atoms with Crippen LogP contribution in [0.2, 0.25) is 0 Å². The van der Waals surface area contributed by atoms with Gasteiger partial charge in [-0.15, -0.1) is 12.4 Å². The summed E-state index contributed by atoms with van der Waals surface area (Å²) in [5, 5.41) is 20.4. The van der Waals surface area contributed by atoms with Gasteiger partial charge in [-0.25, -0.2) is 4.98 Å². The zero-order chi connectivity index (χ0) is 18.6. The molecule has 26 heavy (non-hydrogen) atoms. The lowest BCUT2D eigenvalue weighted by Gasteiger charge is -2.11. The molecule has 11 heteroatoms. The molecule has 0 amide bonds. The van der Waals surface area contributed by atoms with Crippen molar-refractivity contribution in [2.24, 2.45) is 5.73 Å². The number of hydrogen-bond acceptors (Lipinski definition) is 6. The molecule has 0 aliphatic rings. The van der Waals surface area contributed by atoms with Crippen LogP contribution in [0.5, 0.6) is 0 Å². The maximum Gasteiger partial charge on any atom is 0.417 e. The molecule has 0 spiro atoms. The van der Waals surface area contributed by atoms with Crippen molar-refractivity contribution < 1.29 is 23.2 Å². The average molecular weight is 410 g/mol. The molecule has 2 rings (SSSR count). The molecule has 1 heterocycles. The molecule has 0 aliphatic carbocycles. The Morgan fingerprint density at radius 2 is 2.00 bits per heavy atom. The van der Waals surface area contributed by atoms with E-state index < -0.39 is 22.7 Å². The first-order chi connectivity index (χ1) is 11.7. The van der Waals surface area contributed by atoms with Crippen LogP contribution in [0.4, 0.5) is 18.9 Å². The maximum atomic E-state index is 12.5. The topological polar surface area (TPSA) is 102 Å². The van der Waals surface area contributed by atoms with E-state index in [9.17, 15) is 23.3 Å². The van der Waals surface area contributed by atoms with Crippen LogP contribution in [-0.4, -0.2) is 21.6 Å². The van der Waals surface area contributed by atoms with Crippen LogP contribution >= 0.6 is 24.2 Å². The molecule has 1 atom stereocenters. The number of aliphatic hydroxyl groups is 1. The van der Waals surface area contributed by atoms with Crippen molar-refractivity contribution in [3.05, 3.63) is 57.8 Å². The summed E-state index contributed by atoms with van der Waals surface area (Å²) in [6, 6.07) is 5.82. The zero-order valence-electron chi connectivity index (χ0n) is 13.1. The maximum absolute atomic E-state index is 12.5. The van der Waals surface area contributed by atoms with E-state index in [2.05, 4.69) is 4.98 Å². The molecule has 0 saturated carbocycles. The van der Waals surface area contributed by atoms with Gasteiger partial charge in [-0.2, -0.15) is 13.2 Å². The second-order valence-corrected chi connectivity index (χ2v) is 6.15. The van der Waals surface area contributed by atoms with Gasteiger partial charge in [0.2, 0.25) is 0 Å². The van der Waals surface area contributed by atoms with E-state index in [0.717, 1.165) is 23.9 Å². The highest BCUT2D eigenvalue weighted by atomic mass is 35.5. The Hall–Kier alpha value is -1.88. The molecule has 1 unspecified atom stereocenters. The molecule has 0 aliphatic heterocycles. The predicted molar refractivity (Wildman–Crippen MR) is 92.3 cm³/mol. The van der Waals surface area contributed by atoms with Crippen LogP contribution in [0.3, 0.4) is 0 Å². The molecule has 0 radical (unpaired) electrons. The van der Waals surface area contributed by atoms with E-state index in [-0.39, 0.29) is 41.0 Å². The van der Waals surface area contributed by atoms with Crippen molar-refractivity contribution in [1.82, 2.24) is 4.98 Å². The summed E-state index contributed by atoms with van der Waals surface area (Å²) in [4.78, 5) is 14.6. The average Bonchev–Trinajstić information content (AvgIpc) is 2.55. The summed E-state index contributed by atoms with van der Waals surface area (Å²) in [6.07, 6.45) is -3.56. The minimum Gasteiger partial charge on any atom is -0.396 e. The lowest BCUT2D eigenvalue weighted by atomic mass is 10.0. The molecular formula is C15H15ClF3N3O3S. The summed E-state index contributed by atoms with van der Waals surface area (Å²) in [7, 11) is 0. The highest BCUT2D eigenvalue weighted by Gasteiger charge is 2.30. The smallest absolute Gasteiger partial charge is 0.396 e. The normalized spacial score (nSPS) is 12.3. The number of pyridine rings is 1. The number of nitrogens with two attached hydrogens (primary N) is 1. The SMILES string of the molecule is Cl.NC(CCO)c1ccc(Sc2ccc(C(F)(F)F)cn2)c([N+](=O)[O-])c1. The minimum atomic E-state index is -4.49. The Morgan fingerprint density at radius 1 is 1.31 bits per heavy atom. The Bertz CT molecular complexity index is 760. The molecule has 0 bridgehead atoms. The van der Waals surface area contributed by atoms with Crippen molar-refractivity contribution in [3.63, 3.8) is 0 Å². The molecule has 0 fully saturated rings. The third-order valence-corrected chi connectivity index (χ3v) is 4.34. The second-order valence-electron chi connectivity index (χ2n) is 5.09. The van der Waals surface area contributed by atoms with Gasteiger partial charge in [-0.3, -0.25) is 10.1 Å². The number of hydrogen-bond donors (Lipinski definition) is 2. The number of aromatic nitrogens is 1. The quantitative estimate of drug-likeness (QED) is 0.553. The highest BCUT2D eigenvalue weighted by molar-refractivity contribution is 7.99. The number of halogens is 4. The first-order valence-corrected chi connectivity index (χ1v) is 7.90. The number of nitro groups is 1. The Morgan fingerprint density at radius 3 is 2.50 bits per heavy atom.